The molecule has 0 saturated carbocycles. The van der Waals surface area contributed by atoms with E-state index >= 15 is 0 Å². The van der Waals surface area contributed by atoms with Crippen LogP contribution in [-0.2, 0) is 36.8 Å². The highest BCUT2D eigenvalue weighted by Gasteiger charge is 2.40. The molecule has 4 atom stereocenters. The molecule has 0 aromatic heterocycles. The van der Waals surface area contributed by atoms with E-state index in [4.69, 9.17) is 25.2 Å². The number of carbonyl (C=O) groups excluding carboxylic acids is 1. The van der Waals surface area contributed by atoms with Crippen LogP contribution >= 0.6 is 0 Å². The topological polar surface area (TPSA) is 247 Å². The number of benzene rings is 2. The van der Waals surface area contributed by atoms with Gasteiger partial charge >= 0.3 is 23.9 Å². The third-order valence-corrected chi connectivity index (χ3v) is 5.77. The summed E-state index contributed by atoms with van der Waals surface area (Å²) in [5, 5.41) is 73.4. The molecule has 0 spiro atoms. The van der Waals surface area contributed by atoms with Crippen molar-refractivity contribution in [3.05, 3.63) is 71.8 Å². The first kappa shape index (κ1) is 35.8. The van der Waals surface area contributed by atoms with Gasteiger partial charge in [-0.05, 0) is 36.8 Å². The Hall–Kier alpha value is -4.17. The molecule has 0 aliphatic rings. The average Bonchev–Trinajstić information content (AvgIpc) is 2.93. The van der Waals surface area contributed by atoms with Gasteiger partial charge in [-0.25, -0.2) is 19.2 Å². The third-order valence-electron chi connectivity index (χ3n) is 5.77. The number of rotatable bonds is 14. The number of aliphatic carboxylic acids is 4. The van der Waals surface area contributed by atoms with Crippen LogP contribution in [0.15, 0.2) is 60.7 Å². The van der Waals surface area contributed by atoms with Gasteiger partial charge in [0.05, 0.1) is 0 Å². The van der Waals surface area contributed by atoms with E-state index in [1.165, 1.54) is 0 Å². The van der Waals surface area contributed by atoms with E-state index in [1.807, 2.05) is 6.79 Å². The number of hydrogen-bond acceptors (Lipinski definition) is 9. The molecular formula is C27H34O13. The van der Waals surface area contributed by atoms with Crippen molar-refractivity contribution >= 4 is 30.7 Å². The van der Waals surface area contributed by atoms with Crippen LogP contribution in [0, 0.1) is 0 Å². The molecule has 0 aliphatic carbocycles. The lowest BCUT2D eigenvalue weighted by atomic mass is 9.89. The molecule has 2 aromatic rings. The molecule has 0 amide bonds. The molecule has 0 bridgehead atoms. The van der Waals surface area contributed by atoms with Crippen molar-refractivity contribution < 1.29 is 64.8 Å². The number of aliphatic hydroxyl groups excluding tert-OH is 2. The molecule has 2 rings (SSSR count). The van der Waals surface area contributed by atoms with E-state index in [9.17, 15) is 39.6 Å². The van der Waals surface area contributed by atoms with Gasteiger partial charge in [0.25, 0.3) is 0 Å². The second kappa shape index (κ2) is 17.4. The number of carboxylic acids is 4. The first-order valence-corrected chi connectivity index (χ1v) is 11.8. The molecule has 220 valence electrons. The molecule has 0 heterocycles. The van der Waals surface area contributed by atoms with Crippen LogP contribution in [0.3, 0.4) is 0 Å². The maximum atomic E-state index is 11.0. The molecule has 13 heteroatoms. The minimum absolute atomic E-state index is 0.170. The highest BCUT2D eigenvalue weighted by atomic mass is 16.4. The zero-order chi connectivity index (χ0) is 30.9. The molecule has 0 aliphatic heterocycles. The van der Waals surface area contributed by atoms with Crippen molar-refractivity contribution in [1.29, 1.82) is 0 Å². The lowest BCUT2D eigenvalue weighted by Crippen LogP contribution is -2.44. The average molecular weight is 567 g/mol. The summed E-state index contributed by atoms with van der Waals surface area (Å²) < 4.78 is 0. The molecule has 0 radical (unpaired) electrons. The summed E-state index contributed by atoms with van der Waals surface area (Å²) in [6, 6.07) is 17.8. The minimum Gasteiger partial charge on any atom is -0.479 e. The van der Waals surface area contributed by atoms with E-state index in [2.05, 4.69) is 0 Å². The van der Waals surface area contributed by atoms with E-state index in [0.29, 0.717) is 0 Å². The number of aliphatic hydroxyl groups is 4. The summed E-state index contributed by atoms with van der Waals surface area (Å²) in [5.41, 5.74) is -2.86. The molecule has 0 saturated heterocycles. The van der Waals surface area contributed by atoms with Gasteiger partial charge in [0.2, 0.25) is 0 Å². The Morgan fingerprint density at radius 3 is 1.10 bits per heavy atom. The molecule has 4 unspecified atom stereocenters. The first-order valence-electron chi connectivity index (χ1n) is 11.8. The Kier molecular flexibility index (Phi) is 15.6. The molecule has 13 nitrogen and oxygen atoms in total. The molecule has 2 aromatic carbocycles. The maximum Gasteiger partial charge on any atom is 0.335 e. The van der Waals surface area contributed by atoms with Gasteiger partial charge in [0.15, 0.2) is 23.4 Å². The van der Waals surface area contributed by atoms with Crippen LogP contribution < -0.4 is 0 Å². The van der Waals surface area contributed by atoms with Crippen molar-refractivity contribution in [3.63, 3.8) is 0 Å². The van der Waals surface area contributed by atoms with E-state index < -0.39 is 60.1 Å². The minimum atomic E-state index is -2.26. The molecular weight excluding hydrogens is 532 g/mol. The first-order chi connectivity index (χ1) is 18.7. The van der Waals surface area contributed by atoms with Gasteiger partial charge in [-0.3, -0.25) is 0 Å². The summed E-state index contributed by atoms with van der Waals surface area (Å²) in [7, 11) is 0. The third kappa shape index (κ3) is 12.6. The highest BCUT2D eigenvalue weighted by molar-refractivity contribution is 5.80. The van der Waals surface area contributed by atoms with Gasteiger partial charge in [-0.1, -0.05) is 60.7 Å². The summed E-state index contributed by atoms with van der Waals surface area (Å²) in [6.45, 7) is 2.00. The van der Waals surface area contributed by atoms with Crippen LogP contribution in [0.1, 0.15) is 36.8 Å². The van der Waals surface area contributed by atoms with Crippen LogP contribution in [-0.4, -0.2) is 94.9 Å². The zero-order valence-corrected chi connectivity index (χ0v) is 21.5. The number of aryl methyl sites for hydroxylation is 2. The summed E-state index contributed by atoms with van der Waals surface area (Å²) in [5.74, 6) is -6.19. The normalized spacial score (nSPS) is 14.8. The van der Waals surface area contributed by atoms with Crippen molar-refractivity contribution in [1.82, 2.24) is 0 Å². The van der Waals surface area contributed by atoms with E-state index in [1.54, 1.807) is 60.7 Å². The van der Waals surface area contributed by atoms with Gasteiger partial charge < -0.3 is 45.6 Å². The molecule has 0 fully saturated rings. The largest absolute Gasteiger partial charge is 0.479 e. The fourth-order valence-electron chi connectivity index (χ4n) is 3.40. The fraction of sp³-hybridized carbons (Fsp3) is 0.370. The van der Waals surface area contributed by atoms with Crippen molar-refractivity contribution in [2.45, 2.75) is 61.9 Å². The Bertz CT molecular complexity index is 991. The number of carboxylic acid groups (broad SMARTS) is 4. The Morgan fingerprint density at radius 2 is 0.875 bits per heavy atom. The van der Waals surface area contributed by atoms with Crippen molar-refractivity contribution in [3.8, 4) is 0 Å². The second-order valence-electron chi connectivity index (χ2n) is 8.76. The van der Waals surface area contributed by atoms with E-state index in [-0.39, 0.29) is 25.7 Å². The Morgan fingerprint density at radius 1 is 0.600 bits per heavy atom. The fourth-order valence-corrected chi connectivity index (χ4v) is 3.40. The van der Waals surface area contributed by atoms with Crippen LogP contribution in [0.4, 0.5) is 0 Å². The van der Waals surface area contributed by atoms with Crippen LogP contribution in [0.25, 0.3) is 0 Å². The summed E-state index contributed by atoms with van der Waals surface area (Å²) >= 11 is 0. The van der Waals surface area contributed by atoms with Gasteiger partial charge in [-0.15, -0.1) is 0 Å². The Labute approximate surface area is 229 Å². The van der Waals surface area contributed by atoms with Crippen molar-refractivity contribution in [2.75, 3.05) is 0 Å². The standard InChI is InChI=1S/2C13H16O6.CH2O/c2*14-10(11(15)16)8-13(19,12(17)18)7-6-9-4-2-1-3-5-9;1-2/h2*1-5,10,14,19H,6-8H2,(H,15,16)(H,17,18);1H2. The maximum absolute atomic E-state index is 11.0. The summed E-state index contributed by atoms with van der Waals surface area (Å²) in [4.78, 5) is 51.1. The quantitative estimate of drug-likeness (QED) is 0.154. The lowest BCUT2D eigenvalue weighted by Gasteiger charge is -2.24. The van der Waals surface area contributed by atoms with Crippen LogP contribution in [0.5, 0.6) is 0 Å². The summed E-state index contributed by atoms with van der Waals surface area (Å²) in [6.07, 6.45) is -5.09. The number of hydrogen-bond donors (Lipinski definition) is 8. The predicted octanol–water partition coefficient (Wildman–Crippen LogP) is 0.356. The lowest BCUT2D eigenvalue weighted by molar-refractivity contribution is -0.167. The van der Waals surface area contributed by atoms with Crippen LogP contribution in [0.2, 0.25) is 0 Å². The SMILES string of the molecule is C=O.O=C(O)C(O)CC(O)(CCc1ccccc1)C(=O)O.O=C(O)C(O)CC(O)(CCc1ccccc1)C(=O)O. The predicted molar refractivity (Wildman–Crippen MR) is 138 cm³/mol. The van der Waals surface area contributed by atoms with Crippen molar-refractivity contribution in [2.24, 2.45) is 0 Å². The van der Waals surface area contributed by atoms with Gasteiger partial charge in [0.1, 0.15) is 6.79 Å². The van der Waals surface area contributed by atoms with E-state index in [0.717, 1.165) is 11.1 Å². The molecule has 40 heavy (non-hydrogen) atoms. The second-order valence-corrected chi connectivity index (χ2v) is 8.76. The zero-order valence-electron chi connectivity index (χ0n) is 21.5. The number of carbonyl (C=O) groups is 5. The van der Waals surface area contributed by atoms with Gasteiger partial charge in [-0.2, -0.15) is 0 Å². The van der Waals surface area contributed by atoms with Gasteiger partial charge in [0, 0.05) is 12.8 Å². The Balaban J connectivity index is 0.000000716. The highest BCUT2D eigenvalue weighted by Crippen LogP contribution is 2.22. The smallest absolute Gasteiger partial charge is 0.335 e. The molecule has 8 N–H and O–H groups in total. The monoisotopic (exact) mass is 566 g/mol.